The molecule has 0 radical (unpaired) electrons. The first-order chi connectivity index (χ1) is 8.60. The fraction of sp³-hybridized carbons (Fsp3) is 0. The highest BCUT2D eigenvalue weighted by atomic mass is 19.1. The summed E-state index contributed by atoms with van der Waals surface area (Å²) < 4.78 is 44.1. The Morgan fingerprint density at radius 1 is 1.17 bits per heavy atom. The van der Waals surface area contributed by atoms with Crippen LogP contribution >= 0.6 is 0 Å². The van der Waals surface area contributed by atoms with E-state index < -0.39 is 23.3 Å². The summed E-state index contributed by atoms with van der Waals surface area (Å²) in [6.45, 7) is 0. The van der Waals surface area contributed by atoms with Crippen LogP contribution in [0.5, 0.6) is 11.6 Å². The fourth-order valence-electron chi connectivity index (χ4n) is 1.15. The second-order valence-corrected chi connectivity index (χ2v) is 3.17. The van der Waals surface area contributed by atoms with Crippen molar-refractivity contribution in [3.05, 3.63) is 41.8 Å². The first-order valence-electron chi connectivity index (χ1n) is 4.72. The molecule has 3 N–H and O–H groups in total. The van der Waals surface area contributed by atoms with Gasteiger partial charge >= 0.3 is 0 Å². The van der Waals surface area contributed by atoms with Crippen molar-refractivity contribution in [2.24, 2.45) is 5.84 Å². The van der Waals surface area contributed by atoms with Crippen LogP contribution in [0.3, 0.4) is 0 Å². The van der Waals surface area contributed by atoms with Crippen LogP contribution in [0.25, 0.3) is 0 Å². The third-order valence-electron chi connectivity index (χ3n) is 1.94. The average molecular weight is 256 g/mol. The molecule has 18 heavy (non-hydrogen) atoms. The lowest BCUT2D eigenvalue weighted by Crippen LogP contribution is -2.11. The van der Waals surface area contributed by atoms with Gasteiger partial charge in [0.05, 0.1) is 6.20 Å². The Morgan fingerprint density at radius 3 is 2.61 bits per heavy atom. The predicted molar refractivity (Wildman–Crippen MR) is 56.2 cm³/mol. The Labute approximate surface area is 99.4 Å². The normalized spacial score (nSPS) is 10.2. The molecule has 0 aliphatic heterocycles. The van der Waals surface area contributed by atoms with Crippen LogP contribution in [-0.2, 0) is 0 Å². The van der Waals surface area contributed by atoms with Gasteiger partial charge in [0, 0.05) is 6.07 Å². The van der Waals surface area contributed by atoms with E-state index in [0.29, 0.717) is 6.07 Å². The summed E-state index contributed by atoms with van der Waals surface area (Å²) in [5.41, 5.74) is 2.08. The van der Waals surface area contributed by atoms with E-state index in [9.17, 15) is 13.2 Å². The number of nitrogens with zero attached hydrogens (tertiary/aromatic N) is 2. The van der Waals surface area contributed by atoms with Gasteiger partial charge in [-0.3, -0.25) is 5.43 Å². The van der Waals surface area contributed by atoms with E-state index in [-0.39, 0.29) is 11.7 Å². The molecule has 94 valence electrons. The van der Waals surface area contributed by atoms with E-state index in [1.54, 1.807) is 0 Å². The summed E-state index contributed by atoms with van der Waals surface area (Å²) in [5, 5.41) is 0. The first kappa shape index (κ1) is 12.1. The number of anilines is 1. The van der Waals surface area contributed by atoms with Crippen molar-refractivity contribution in [3.8, 4) is 11.6 Å². The lowest BCUT2D eigenvalue weighted by Gasteiger charge is -2.07. The number of nitrogens with two attached hydrogens (primary N) is 1. The van der Waals surface area contributed by atoms with Crippen molar-refractivity contribution < 1.29 is 17.9 Å². The van der Waals surface area contributed by atoms with Gasteiger partial charge in [-0.1, -0.05) is 0 Å². The van der Waals surface area contributed by atoms with E-state index >= 15 is 0 Å². The molecule has 0 aliphatic rings. The summed E-state index contributed by atoms with van der Waals surface area (Å²) in [6.07, 6.45) is 0.805. The quantitative estimate of drug-likeness (QED) is 0.648. The van der Waals surface area contributed by atoms with E-state index in [0.717, 1.165) is 18.3 Å². The molecule has 2 aromatic rings. The molecule has 0 atom stereocenters. The Bertz CT molecular complexity index is 579. The Morgan fingerprint density at radius 2 is 1.94 bits per heavy atom. The molecule has 0 amide bonds. The number of hydrazine groups is 1. The van der Waals surface area contributed by atoms with Crippen LogP contribution in [-0.4, -0.2) is 9.97 Å². The Kier molecular flexibility index (Phi) is 3.28. The number of nitrogen functional groups attached to an aromatic ring is 1. The van der Waals surface area contributed by atoms with Gasteiger partial charge in [-0.05, 0) is 12.1 Å². The lowest BCUT2D eigenvalue weighted by atomic mass is 10.3. The van der Waals surface area contributed by atoms with Crippen molar-refractivity contribution in [1.29, 1.82) is 0 Å². The minimum Gasteiger partial charge on any atom is -0.433 e. The summed E-state index contributed by atoms with van der Waals surface area (Å²) in [4.78, 5) is 7.02. The minimum absolute atomic E-state index is 0.103. The molecule has 0 unspecified atom stereocenters. The lowest BCUT2D eigenvalue weighted by molar-refractivity contribution is 0.394. The van der Waals surface area contributed by atoms with Crippen molar-refractivity contribution in [3.63, 3.8) is 0 Å². The summed E-state index contributed by atoms with van der Waals surface area (Å²) >= 11 is 0. The number of aromatic nitrogens is 2. The van der Waals surface area contributed by atoms with Gasteiger partial charge in [0.15, 0.2) is 11.6 Å². The molecule has 5 nitrogen and oxygen atoms in total. The third kappa shape index (κ3) is 2.48. The SMILES string of the molecule is NNc1ncc(F)c(Oc2ccc(F)cc2F)n1. The Hall–Kier alpha value is -2.35. The molecule has 0 saturated heterocycles. The summed E-state index contributed by atoms with van der Waals surface area (Å²) in [7, 11) is 0. The number of hydrogen-bond acceptors (Lipinski definition) is 5. The smallest absolute Gasteiger partial charge is 0.261 e. The van der Waals surface area contributed by atoms with Crippen LogP contribution in [0.15, 0.2) is 24.4 Å². The van der Waals surface area contributed by atoms with E-state index in [2.05, 4.69) is 15.4 Å². The first-order valence-corrected chi connectivity index (χ1v) is 4.72. The van der Waals surface area contributed by atoms with Gasteiger partial charge in [0.2, 0.25) is 11.8 Å². The molecule has 0 bridgehead atoms. The van der Waals surface area contributed by atoms with Crippen LogP contribution < -0.4 is 16.0 Å². The van der Waals surface area contributed by atoms with Crippen LogP contribution in [0, 0.1) is 17.5 Å². The van der Waals surface area contributed by atoms with E-state index in [1.165, 1.54) is 0 Å². The largest absolute Gasteiger partial charge is 0.433 e. The van der Waals surface area contributed by atoms with Crippen molar-refractivity contribution >= 4 is 5.95 Å². The van der Waals surface area contributed by atoms with Crippen LogP contribution in [0.4, 0.5) is 19.1 Å². The number of hydrogen-bond donors (Lipinski definition) is 2. The zero-order chi connectivity index (χ0) is 13.1. The molecule has 0 aliphatic carbocycles. The second kappa shape index (κ2) is 4.88. The topological polar surface area (TPSA) is 73.1 Å². The number of nitrogens with one attached hydrogen (secondary N) is 1. The molecule has 8 heteroatoms. The standard InChI is InChI=1S/C10H7F3N4O/c11-5-1-2-8(6(12)3-5)18-9-7(13)4-15-10(16-9)17-14/h1-4H,14H2,(H,15,16,17). The maximum Gasteiger partial charge on any atom is 0.261 e. The number of halogens is 3. The zero-order valence-corrected chi connectivity index (χ0v) is 8.82. The highest BCUT2D eigenvalue weighted by Crippen LogP contribution is 2.25. The number of benzene rings is 1. The van der Waals surface area contributed by atoms with Gasteiger partial charge in [0.25, 0.3) is 5.88 Å². The second-order valence-electron chi connectivity index (χ2n) is 3.17. The molecule has 0 saturated carbocycles. The highest BCUT2D eigenvalue weighted by molar-refractivity contribution is 5.32. The number of ether oxygens (including phenoxy) is 1. The molecular weight excluding hydrogens is 249 g/mol. The van der Waals surface area contributed by atoms with Gasteiger partial charge < -0.3 is 4.74 Å². The van der Waals surface area contributed by atoms with Crippen molar-refractivity contribution in [2.75, 3.05) is 5.43 Å². The molecule has 0 spiro atoms. The third-order valence-corrected chi connectivity index (χ3v) is 1.94. The van der Waals surface area contributed by atoms with E-state index in [4.69, 9.17) is 10.6 Å². The fourth-order valence-corrected chi connectivity index (χ4v) is 1.15. The zero-order valence-electron chi connectivity index (χ0n) is 8.82. The van der Waals surface area contributed by atoms with Gasteiger partial charge in [0.1, 0.15) is 5.82 Å². The van der Waals surface area contributed by atoms with Crippen molar-refractivity contribution in [1.82, 2.24) is 9.97 Å². The highest BCUT2D eigenvalue weighted by Gasteiger charge is 2.12. The number of rotatable bonds is 3. The maximum absolute atomic E-state index is 13.3. The van der Waals surface area contributed by atoms with Crippen LogP contribution in [0.1, 0.15) is 0 Å². The van der Waals surface area contributed by atoms with Gasteiger partial charge in [-0.25, -0.2) is 19.6 Å². The molecule has 1 aromatic carbocycles. The monoisotopic (exact) mass is 256 g/mol. The average Bonchev–Trinajstić information content (AvgIpc) is 2.35. The molecule has 1 heterocycles. The minimum atomic E-state index is -0.977. The molecule has 2 rings (SSSR count). The van der Waals surface area contributed by atoms with Gasteiger partial charge in [-0.15, -0.1) is 0 Å². The summed E-state index contributed by atoms with van der Waals surface area (Å²) in [6, 6.07) is 2.60. The molecular formula is C10H7F3N4O. The van der Waals surface area contributed by atoms with Crippen molar-refractivity contribution in [2.45, 2.75) is 0 Å². The molecule has 1 aromatic heterocycles. The predicted octanol–water partition coefficient (Wildman–Crippen LogP) is 1.97. The molecule has 0 fully saturated rings. The summed E-state index contributed by atoms with van der Waals surface area (Å²) in [5.74, 6) is 1.39. The Balaban J connectivity index is 2.33. The maximum atomic E-state index is 13.3. The van der Waals surface area contributed by atoms with Gasteiger partial charge in [-0.2, -0.15) is 9.37 Å². The van der Waals surface area contributed by atoms with Crippen LogP contribution in [0.2, 0.25) is 0 Å². The van der Waals surface area contributed by atoms with E-state index in [1.807, 2.05) is 0 Å².